The van der Waals surface area contributed by atoms with E-state index in [9.17, 15) is 14.4 Å². The number of fused-ring (bicyclic) bond motifs is 2. The highest BCUT2D eigenvalue weighted by atomic mass is 16.7. The third kappa shape index (κ3) is 4.08. The third-order valence-corrected chi connectivity index (χ3v) is 5.08. The Morgan fingerprint density at radius 1 is 1.21 bits per heavy atom. The molecule has 1 aromatic heterocycles. The van der Waals surface area contributed by atoms with Crippen LogP contribution in [0.25, 0.3) is 0 Å². The number of carbonyl (C=O) groups is 3. The van der Waals surface area contributed by atoms with Crippen molar-refractivity contribution in [2.45, 2.75) is 39.3 Å². The molecule has 0 aliphatic carbocycles. The monoisotopic (exact) mass is 398 g/mol. The summed E-state index contributed by atoms with van der Waals surface area (Å²) < 4.78 is 10.6. The first kappa shape index (κ1) is 19.0. The molecule has 4 rings (SSSR count). The van der Waals surface area contributed by atoms with Gasteiger partial charge in [-0.2, -0.15) is 5.10 Å². The van der Waals surface area contributed by atoms with E-state index in [1.807, 2.05) is 18.2 Å². The maximum absolute atomic E-state index is 12.7. The van der Waals surface area contributed by atoms with Crippen molar-refractivity contribution in [2.24, 2.45) is 0 Å². The van der Waals surface area contributed by atoms with Crippen LogP contribution in [-0.2, 0) is 29.1 Å². The van der Waals surface area contributed by atoms with Gasteiger partial charge in [0.05, 0.1) is 0 Å². The van der Waals surface area contributed by atoms with Crippen LogP contribution in [0.3, 0.4) is 0 Å². The molecule has 2 aromatic rings. The largest absolute Gasteiger partial charge is 0.454 e. The normalized spacial score (nSPS) is 14.4. The van der Waals surface area contributed by atoms with E-state index in [4.69, 9.17) is 9.47 Å². The van der Waals surface area contributed by atoms with Crippen LogP contribution in [-0.4, -0.2) is 46.0 Å². The fourth-order valence-corrected chi connectivity index (χ4v) is 3.45. The van der Waals surface area contributed by atoms with E-state index >= 15 is 0 Å². The van der Waals surface area contributed by atoms with E-state index < -0.39 is 0 Å². The molecule has 2 aliphatic heterocycles. The third-order valence-electron chi connectivity index (χ3n) is 5.08. The number of hydrogen-bond acceptors (Lipinski definition) is 6. The molecule has 0 spiro atoms. The number of aromatic nitrogens is 2. The molecule has 1 aromatic carbocycles. The van der Waals surface area contributed by atoms with Gasteiger partial charge in [0.2, 0.25) is 12.7 Å². The molecule has 0 unspecified atom stereocenters. The van der Waals surface area contributed by atoms with E-state index in [0.717, 1.165) is 16.8 Å². The zero-order chi connectivity index (χ0) is 20.4. The highest BCUT2D eigenvalue weighted by molar-refractivity contribution is 5.94. The molecule has 0 radical (unpaired) electrons. The number of ether oxygens (including phenoxy) is 2. The zero-order valence-electron chi connectivity index (χ0n) is 16.1. The van der Waals surface area contributed by atoms with Gasteiger partial charge >= 0.3 is 0 Å². The molecule has 9 heteroatoms. The van der Waals surface area contributed by atoms with Crippen molar-refractivity contribution in [1.82, 2.24) is 20.4 Å². The van der Waals surface area contributed by atoms with Gasteiger partial charge in [-0.15, -0.1) is 0 Å². The van der Waals surface area contributed by atoms with Crippen LogP contribution in [0, 0.1) is 0 Å². The molecule has 2 amide bonds. The van der Waals surface area contributed by atoms with E-state index in [0.29, 0.717) is 43.2 Å². The standard InChI is InChI=1S/C20H22N4O5/c1-12(25)2-5-18(26)24-7-6-15-14(10-24)19(23-22-15)20(27)21-9-13-3-4-16-17(8-13)29-11-28-16/h3-4,8H,2,5-7,9-11H2,1H3,(H,21,27)(H,22,23). The van der Waals surface area contributed by atoms with Crippen molar-refractivity contribution < 1.29 is 23.9 Å². The van der Waals surface area contributed by atoms with Crippen LogP contribution < -0.4 is 14.8 Å². The highest BCUT2D eigenvalue weighted by Crippen LogP contribution is 2.32. The van der Waals surface area contributed by atoms with E-state index in [1.165, 1.54) is 6.92 Å². The minimum atomic E-state index is -0.307. The Balaban J connectivity index is 1.40. The summed E-state index contributed by atoms with van der Waals surface area (Å²) in [5.41, 5.74) is 2.78. The van der Waals surface area contributed by atoms with Crippen molar-refractivity contribution in [2.75, 3.05) is 13.3 Å². The van der Waals surface area contributed by atoms with Gasteiger partial charge in [-0.05, 0) is 24.6 Å². The molecule has 0 fully saturated rings. The minimum Gasteiger partial charge on any atom is -0.454 e. The van der Waals surface area contributed by atoms with Crippen LogP contribution >= 0.6 is 0 Å². The highest BCUT2D eigenvalue weighted by Gasteiger charge is 2.27. The van der Waals surface area contributed by atoms with Crippen LogP contribution in [0.1, 0.15) is 47.1 Å². The average Bonchev–Trinajstić information content (AvgIpc) is 3.35. The van der Waals surface area contributed by atoms with Crippen LogP contribution in [0.5, 0.6) is 11.5 Å². The zero-order valence-corrected chi connectivity index (χ0v) is 16.1. The number of benzene rings is 1. The molecular formula is C20H22N4O5. The first-order valence-electron chi connectivity index (χ1n) is 9.51. The van der Waals surface area contributed by atoms with Crippen LogP contribution in [0.15, 0.2) is 18.2 Å². The second-order valence-corrected chi connectivity index (χ2v) is 7.17. The molecule has 2 N–H and O–H groups in total. The summed E-state index contributed by atoms with van der Waals surface area (Å²) >= 11 is 0. The number of hydrogen-bond donors (Lipinski definition) is 2. The number of aromatic amines is 1. The first-order valence-corrected chi connectivity index (χ1v) is 9.51. The van der Waals surface area contributed by atoms with Crippen molar-refractivity contribution in [3.63, 3.8) is 0 Å². The number of nitrogens with one attached hydrogen (secondary N) is 2. The Hall–Kier alpha value is -3.36. The number of carbonyl (C=O) groups excluding carboxylic acids is 3. The molecule has 0 saturated carbocycles. The van der Waals surface area contributed by atoms with E-state index in [1.54, 1.807) is 4.90 Å². The minimum absolute atomic E-state index is 0.0112. The van der Waals surface area contributed by atoms with Gasteiger partial charge in [-0.3, -0.25) is 14.7 Å². The van der Waals surface area contributed by atoms with Crippen molar-refractivity contribution in [3.8, 4) is 11.5 Å². The second-order valence-electron chi connectivity index (χ2n) is 7.17. The summed E-state index contributed by atoms with van der Waals surface area (Å²) in [6, 6.07) is 5.51. The fraction of sp³-hybridized carbons (Fsp3) is 0.400. The lowest BCUT2D eigenvalue weighted by Crippen LogP contribution is -2.37. The van der Waals surface area contributed by atoms with Crippen molar-refractivity contribution >= 4 is 17.6 Å². The Bertz CT molecular complexity index is 968. The topological polar surface area (TPSA) is 114 Å². The van der Waals surface area contributed by atoms with Crippen molar-refractivity contribution in [3.05, 3.63) is 40.7 Å². The molecular weight excluding hydrogens is 376 g/mol. The summed E-state index contributed by atoms with van der Waals surface area (Å²) in [6.07, 6.45) is 1.02. The molecule has 152 valence electrons. The summed E-state index contributed by atoms with van der Waals surface area (Å²) in [6.45, 7) is 2.85. The lowest BCUT2D eigenvalue weighted by molar-refractivity contribution is -0.133. The van der Waals surface area contributed by atoms with E-state index in [-0.39, 0.29) is 37.2 Å². The maximum Gasteiger partial charge on any atom is 0.272 e. The van der Waals surface area contributed by atoms with Crippen LogP contribution in [0.2, 0.25) is 0 Å². The lowest BCUT2D eigenvalue weighted by atomic mass is 10.0. The molecule has 0 saturated heterocycles. The van der Waals surface area contributed by atoms with Gasteiger partial charge in [-0.25, -0.2) is 0 Å². The number of Topliss-reactive ketones (excluding diaryl/α,β-unsaturated/α-hetero) is 1. The molecule has 2 aliphatic rings. The van der Waals surface area contributed by atoms with Gasteiger partial charge in [0.15, 0.2) is 17.2 Å². The van der Waals surface area contributed by atoms with Crippen LogP contribution in [0.4, 0.5) is 0 Å². The Morgan fingerprint density at radius 3 is 2.86 bits per heavy atom. The molecule has 0 atom stereocenters. The fourth-order valence-electron chi connectivity index (χ4n) is 3.45. The Morgan fingerprint density at radius 2 is 2.03 bits per heavy atom. The van der Waals surface area contributed by atoms with E-state index in [2.05, 4.69) is 15.5 Å². The average molecular weight is 398 g/mol. The molecule has 29 heavy (non-hydrogen) atoms. The predicted molar refractivity (Wildman–Crippen MR) is 101 cm³/mol. The maximum atomic E-state index is 12.7. The van der Waals surface area contributed by atoms with Gasteiger partial charge in [0.25, 0.3) is 5.91 Å². The first-order chi connectivity index (χ1) is 14.0. The SMILES string of the molecule is CC(=O)CCC(=O)N1CCc2[nH]nc(C(=O)NCc3ccc4c(c3)OCO4)c2C1. The molecule has 0 bridgehead atoms. The van der Waals surface area contributed by atoms with Gasteiger partial charge in [0, 0.05) is 50.2 Å². The lowest BCUT2D eigenvalue weighted by Gasteiger charge is -2.27. The summed E-state index contributed by atoms with van der Waals surface area (Å²) in [4.78, 5) is 37.8. The summed E-state index contributed by atoms with van der Waals surface area (Å²) in [5, 5.41) is 9.93. The number of amides is 2. The quantitative estimate of drug-likeness (QED) is 0.759. The predicted octanol–water partition coefficient (Wildman–Crippen LogP) is 1.32. The number of rotatable bonds is 6. The number of H-pyrrole nitrogens is 1. The number of nitrogens with zero attached hydrogens (tertiary/aromatic N) is 2. The van der Waals surface area contributed by atoms with Gasteiger partial charge < -0.3 is 24.5 Å². The van der Waals surface area contributed by atoms with Gasteiger partial charge in [0.1, 0.15) is 5.78 Å². The second kappa shape index (κ2) is 7.94. The molecule has 9 nitrogen and oxygen atoms in total. The Labute approximate surface area is 167 Å². The van der Waals surface area contributed by atoms with Gasteiger partial charge in [-0.1, -0.05) is 6.07 Å². The Kier molecular flexibility index (Phi) is 5.20. The molecule has 3 heterocycles. The number of ketones is 1. The summed E-state index contributed by atoms with van der Waals surface area (Å²) in [7, 11) is 0. The smallest absolute Gasteiger partial charge is 0.272 e. The summed E-state index contributed by atoms with van der Waals surface area (Å²) in [5.74, 6) is 0.949. The van der Waals surface area contributed by atoms with Crippen molar-refractivity contribution in [1.29, 1.82) is 0 Å².